The van der Waals surface area contributed by atoms with Crippen molar-refractivity contribution in [3.63, 3.8) is 0 Å². The highest BCUT2D eigenvalue weighted by Gasteiger charge is 2.15. The van der Waals surface area contributed by atoms with Crippen LogP contribution < -0.4 is 0 Å². The molecule has 0 saturated carbocycles. The Hall–Kier alpha value is -2.02. The number of aromatic nitrogens is 3. The lowest BCUT2D eigenvalue weighted by molar-refractivity contribution is -0.126. The Morgan fingerprint density at radius 1 is 1.16 bits per heavy atom. The number of rotatable bonds is 7. The molecular weight excluding hydrogens is 334 g/mol. The number of ether oxygens (including phenoxy) is 2. The van der Waals surface area contributed by atoms with Gasteiger partial charge < -0.3 is 9.47 Å². The summed E-state index contributed by atoms with van der Waals surface area (Å²) in [4.78, 5) is 13.4. The second-order valence-corrected chi connectivity index (χ2v) is 6.27. The molecule has 25 heavy (non-hydrogen) atoms. The zero-order valence-corrected chi connectivity index (χ0v) is 15.4. The molecule has 0 aliphatic carbocycles. The number of fused-ring (bicyclic) bond motifs is 1. The van der Waals surface area contributed by atoms with Crippen LogP contribution in [0.4, 0.5) is 0 Å². The topological polar surface area (TPSA) is 57.1 Å². The molecule has 0 saturated heterocycles. The minimum absolute atomic E-state index is 0.469. The summed E-state index contributed by atoms with van der Waals surface area (Å²) in [7, 11) is 1.63. The Balaban J connectivity index is 2.01. The van der Waals surface area contributed by atoms with E-state index in [0.717, 1.165) is 39.3 Å². The van der Waals surface area contributed by atoms with Crippen LogP contribution in [0.2, 0.25) is 0 Å². The van der Waals surface area contributed by atoms with Crippen molar-refractivity contribution in [3.05, 3.63) is 59.5 Å². The summed E-state index contributed by atoms with van der Waals surface area (Å²) >= 11 is 1.54. The molecule has 1 unspecified atom stereocenters. The molecule has 0 N–H and O–H groups in total. The zero-order valence-electron chi connectivity index (χ0n) is 14.6. The van der Waals surface area contributed by atoms with Crippen molar-refractivity contribution >= 4 is 22.7 Å². The van der Waals surface area contributed by atoms with Crippen molar-refractivity contribution in [3.8, 4) is 0 Å². The molecule has 1 aromatic carbocycles. The van der Waals surface area contributed by atoms with E-state index in [1.165, 1.54) is 11.8 Å². The van der Waals surface area contributed by atoms with Gasteiger partial charge in [-0.15, -0.1) is 0 Å². The van der Waals surface area contributed by atoms with Crippen molar-refractivity contribution in [2.75, 3.05) is 20.0 Å². The van der Waals surface area contributed by atoms with Crippen LogP contribution in [0.1, 0.15) is 30.0 Å². The fraction of sp³-hybridized carbons (Fsp3) is 0.316. The van der Waals surface area contributed by atoms with Gasteiger partial charge in [0.1, 0.15) is 0 Å². The Morgan fingerprint density at radius 2 is 1.92 bits per heavy atom. The molecule has 3 rings (SSSR count). The van der Waals surface area contributed by atoms with Crippen LogP contribution in [0.3, 0.4) is 0 Å². The highest BCUT2D eigenvalue weighted by Crippen LogP contribution is 2.25. The van der Waals surface area contributed by atoms with E-state index in [0.29, 0.717) is 6.61 Å². The Bertz CT molecular complexity index is 840. The average Bonchev–Trinajstić information content (AvgIpc) is 2.66. The van der Waals surface area contributed by atoms with E-state index < -0.39 is 6.29 Å². The molecule has 0 aliphatic rings. The largest absolute Gasteiger partial charge is 0.350 e. The molecule has 3 aromatic rings. The number of para-hydroxylation sites is 1. The molecule has 0 amide bonds. The second kappa shape index (κ2) is 8.38. The number of pyridine rings is 1. The summed E-state index contributed by atoms with van der Waals surface area (Å²) in [6.07, 6.45) is 5.99. The summed E-state index contributed by atoms with van der Waals surface area (Å²) in [6, 6.07) is 10.2. The molecule has 0 fully saturated rings. The number of thioether (sulfide) groups is 1. The molecule has 130 valence electrons. The summed E-state index contributed by atoms with van der Waals surface area (Å²) in [6.45, 7) is 2.50. The fourth-order valence-corrected chi connectivity index (χ4v) is 3.04. The highest BCUT2D eigenvalue weighted by atomic mass is 32.2. The van der Waals surface area contributed by atoms with E-state index in [9.17, 15) is 0 Å². The van der Waals surface area contributed by atoms with Gasteiger partial charge in [-0.3, -0.25) is 0 Å². The first-order chi connectivity index (χ1) is 12.2. The van der Waals surface area contributed by atoms with Gasteiger partial charge in [-0.25, -0.2) is 15.0 Å². The van der Waals surface area contributed by atoms with Gasteiger partial charge >= 0.3 is 0 Å². The normalized spacial score (nSPS) is 12.4. The number of nitrogens with zero attached hydrogens (tertiary/aromatic N) is 3. The van der Waals surface area contributed by atoms with E-state index in [1.807, 2.05) is 43.8 Å². The summed E-state index contributed by atoms with van der Waals surface area (Å²) in [5, 5.41) is 1.89. The van der Waals surface area contributed by atoms with Crippen molar-refractivity contribution in [1.82, 2.24) is 15.0 Å². The van der Waals surface area contributed by atoms with Crippen LogP contribution in [0.15, 0.2) is 47.9 Å². The van der Waals surface area contributed by atoms with Gasteiger partial charge in [0, 0.05) is 37.9 Å². The van der Waals surface area contributed by atoms with Gasteiger partial charge in [0.15, 0.2) is 5.16 Å². The summed E-state index contributed by atoms with van der Waals surface area (Å²) < 4.78 is 11.1. The first-order valence-electron chi connectivity index (χ1n) is 8.13. The molecule has 0 aliphatic heterocycles. The van der Waals surface area contributed by atoms with Gasteiger partial charge in [-0.05, 0) is 36.4 Å². The van der Waals surface area contributed by atoms with Gasteiger partial charge in [0.2, 0.25) is 6.29 Å². The molecule has 1 atom stereocenters. The van der Waals surface area contributed by atoms with E-state index in [1.54, 1.807) is 7.11 Å². The van der Waals surface area contributed by atoms with Crippen molar-refractivity contribution in [2.24, 2.45) is 0 Å². The second-order valence-electron chi connectivity index (χ2n) is 5.50. The van der Waals surface area contributed by atoms with Crippen LogP contribution in [-0.2, 0) is 15.9 Å². The lowest BCUT2D eigenvalue weighted by Crippen LogP contribution is -2.09. The molecule has 0 bridgehead atoms. The average molecular weight is 355 g/mol. The molecule has 2 heterocycles. The van der Waals surface area contributed by atoms with Crippen LogP contribution in [0.5, 0.6) is 0 Å². The van der Waals surface area contributed by atoms with Crippen molar-refractivity contribution < 1.29 is 9.47 Å². The van der Waals surface area contributed by atoms with Crippen LogP contribution in [0, 0.1) is 0 Å². The van der Waals surface area contributed by atoms with Gasteiger partial charge in [0.25, 0.3) is 0 Å². The number of hydrogen-bond donors (Lipinski definition) is 0. The lowest BCUT2D eigenvalue weighted by Gasteiger charge is -2.17. The maximum absolute atomic E-state index is 5.65. The molecule has 2 aromatic heterocycles. The maximum atomic E-state index is 5.65. The van der Waals surface area contributed by atoms with Crippen LogP contribution in [0.25, 0.3) is 10.9 Å². The Kier molecular flexibility index (Phi) is 5.96. The summed E-state index contributed by atoms with van der Waals surface area (Å²) in [5.41, 5.74) is 3.92. The minimum atomic E-state index is -0.469. The predicted molar refractivity (Wildman–Crippen MR) is 99.7 cm³/mol. The quantitative estimate of drug-likeness (QED) is 0.362. The summed E-state index contributed by atoms with van der Waals surface area (Å²) in [5.74, 6) is 0. The third-order valence-corrected chi connectivity index (χ3v) is 4.43. The molecule has 5 nitrogen and oxygen atoms in total. The predicted octanol–water partition coefficient (Wildman–Crippen LogP) is 4.02. The van der Waals surface area contributed by atoms with Gasteiger partial charge in [-0.2, -0.15) is 0 Å². The lowest BCUT2D eigenvalue weighted by atomic mass is 10.0. The first-order valence-corrected chi connectivity index (χ1v) is 9.35. The zero-order chi connectivity index (χ0) is 17.6. The number of hydrogen-bond acceptors (Lipinski definition) is 6. The maximum Gasteiger partial charge on any atom is 0.200 e. The van der Waals surface area contributed by atoms with E-state index in [4.69, 9.17) is 14.5 Å². The standard InChI is InChI=1S/C19H21N3O2S/c1-4-24-18(23-2)17-10-14(15-7-5-6-8-16(15)22-17)9-13-11-20-19(25-3)21-12-13/h5-8,10-12,18H,4,9H2,1-3H3. The van der Waals surface area contributed by atoms with E-state index in [-0.39, 0.29) is 0 Å². The van der Waals surface area contributed by atoms with E-state index >= 15 is 0 Å². The minimum Gasteiger partial charge on any atom is -0.350 e. The SMILES string of the molecule is CCOC(OC)c1cc(Cc2cnc(SC)nc2)c2ccccc2n1. The molecule has 6 heteroatoms. The molecule has 0 radical (unpaired) electrons. The third kappa shape index (κ3) is 4.15. The Morgan fingerprint density at radius 3 is 2.60 bits per heavy atom. The Labute approximate surface area is 151 Å². The van der Waals surface area contributed by atoms with Gasteiger partial charge in [-0.1, -0.05) is 30.0 Å². The van der Waals surface area contributed by atoms with Crippen molar-refractivity contribution in [1.29, 1.82) is 0 Å². The highest BCUT2D eigenvalue weighted by molar-refractivity contribution is 7.98. The first kappa shape index (κ1) is 17.8. The number of benzene rings is 1. The van der Waals surface area contributed by atoms with E-state index in [2.05, 4.69) is 22.1 Å². The molecular formula is C19H21N3O2S. The third-order valence-electron chi connectivity index (χ3n) is 3.85. The monoisotopic (exact) mass is 355 g/mol. The fourth-order valence-electron chi connectivity index (χ4n) is 2.72. The van der Waals surface area contributed by atoms with Crippen LogP contribution in [-0.4, -0.2) is 34.9 Å². The van der Waals surface area contributed by atoms with Gasteiger partial charge in [0.05, 0.1) is 11.2 Å². The van der Waals surface area contributed by atoms with Crippen LogP contribution >= 0.6 is 11.8 Å². The molecule has 0 spiro atoms. The number of methoxy groups -OCH3 is 1. The van der Waals surface area contributed by atoms with Crippen molar-refractivity contribution in [2.45, 2.75) is 24.8 Å². The smallest absolute Gasteiger partial charge is 0.200 e.